The molecule has 5 N–H and O–H groups in total. The van der Waals surface area contributed by atoms with Crippen molar-refractivity contribution >= 4 is 29.7 Å². The number of esters is 1. The van der Waals surface area contributed by atoms with Crippen LogP contribution < -0.4 is 21.9 Å². The number of thioether (sulfide) groups is 1. The quantitative estimate of drug-likeness (QED) is 0.0625. The first-order valence-corrected chi connectivity index (χ1v) is 12.6. The number of nitrogens with one attached hydrogen (secondary N) is 3. The van der Waals surface area contributed by atoms with Crippen molar-refractivity contribution in [1.29, 1.82) is 0 Å². The summed E-state index contributed by atoms with van der Waals surface area (Å²) in [7, 11) is 0. The van der Waals surface area contributed by atoms with Crippen LogP contribution in [0.5, 0.6) is 0 Å². The predicted molar refractivity (Wildman–Crippen MR) is 143 cm³/mol. The SMILES string of the molecule is C.CCOC(=O)CCNC(=O)N[C@@H](CSC/C=C(\C)CC/C=C(\C)CCC=C(C)C)C(=O)NN. The Bertz CT molecular complexity index is 701. The molecule has 0 heterocycles. The van der Waals surface area contributed by atoms with E-state index in [4.69, 9.17) is 10.6 Å². The van der Waals surface area contributed by atoms with Gasteiger partial charge in [0.25, 0.3) is 5.91 Å². The second-order valence-electron chi connectivity index (χ2n) is 8.01. The highest BCUT2D eigenvalue weighted by atomic mass is 32.2. The van der Waals surface area contributed by atoms with Gasteiger partial charge >= 0.3 is 12.0 Å². The monoisotopic (exact) mass is 498 g/mol. The van der Waals surface area contributed by atoms with E-state index in [2.05, 4.69) is 62.0 Å². The van der Waals surface area contributed by atoms with E-state index < -0.39 is 18.0 Å². The van der Waals surface area contributed by atoms with Crippen molar-refractivity contribution in [2.24, 2.45) is 5.84 Å². The van der Waals surface area contributed by atoms with Crippen LogP contribution in [0.3, 0.4) is 0 Å². The number of nitrogens with two attached hydrogens (primary N) is 1. The fourth-order valence-electron chi connectivity index (χ4n) is 2.73. The van der Waals surface area contributed by atoms with E-state index in [1.54, 1.807) is 6.92 Å². The molecule has 0 rings (SSSR count). The maximum Gasteiger partial charge on any atom is 0.315 e. The minimum Gasteiger partial charge on any atom is -0.466 e. The van der Waals surface area contributed by atoms with Gasteiger partial charge in [0.1, 0.15) is 6.04 Å². The Kier molecular flexibility index (Phi) is 21.2. The predicted octanol–water partition coefficient (Wildman–Crippen LogP) is 4.39. The lowest BCUT2D eigenvalue weighted by Crippen LogP contribution is -2.53. The molecule has 8 nitrogen and oxygen atoms in total. The third-order valence-corrected chi connectivity index (χ3v) is 5.61. The Morgan fingerprint density at radius 3 is 2.18 bits per heavy atom. The van der Waals surface area contributed by atoms with Crippen LogP contribution in [-0.4, -0.2) is 48.6 Å². The molecule has 0 aliphatic heterocycles. The van der Waals surface area contributed by atoms with E-state index in [0.29, 0.717) is 12.4 Å². The molecule has 3 amide bonds. The molecule has 0 spiro atoms. The van der Waals surface area contributed by atoms with Crippen molar-refractivity contribution in [2.45, 2.75) is 80.2 Å². The molecule has 0 saturated heterocycles. The minimum atomic E-state index is -0.775. The van der Waals surface area contributed by atoms with Crippen LogP contribution in [0.4, 0.5) is 4.79 Å². The summed E-state index contributed by atoms with van der Waals surface area (Å²) >= 11 is 1.53. The Balaban J connectivity index is 0. The molecule has 0 fully saturated rings. The van der Waals surface area contributed by atoms with Crippen molar-refractivity contribution < 1.29 is 19.1 Å². The van der Waals surface area contributed by atoms with Crippen molar-refractivity contribution in [3.05, 3.63) is 34.9 Å². The van der Waals surface area contributed by atoms with Gasteiger partial charge in [-0.2, -0.15) is 11.8 Å². The highest BCUT2D eigenvalue weighted by molar-refractivity contribution is 7.99. The van der Waals surface area contributed by atoms with Crippen LogP contribution in [0, 0.1) is 0 Å². The normalized spacial score (nSPS) is 12.2. The molecule has 196 valence electrons. The lowest BCUT2D eigenvalue weighted by molar-refractivity contribution is -0.142. The number of rotatable bonds is 16. The highest BCUT2D eigenvalue weighted by Crippen LogP contribution is 2.13. The molecular weight excluding hydrogens is 452 g/mol. The van der Waals surface area contributed by atoms with Crippen molar-refractivity contribution in [2.75, 3.05) is 24.7 Å². The molecular formula is C25H46N4O4S. The number of hydrogen-bond donors (Lipinski definition) is 4. The van der Waals surface area contributed by atoms with Gasteiger partial charge in [0.15, 0.2) is 0 Å². The van der Waals surface area contributed by atoms with Crippen molar-refractivity contribution in [3.63, 3.8) is 0 Å². The molecule has 0 aliphatic carbocycles. The van der Waals surface area contributed by atoms with Gasteiger partial charge in [-0.1, -0.05) is 42.4 Å². The molecule has 9 heteroatoms. The Labute approximate surface area is 210 Å². The number of amides is 3. The Morgan fingerprint density at radius 2 is 1.59 bits per heavy atom. The third-order valence-electron chi connectivity index (χ3n) is 4.64. The van der Waals surface area contributed by atoms with Gasteiger partial charge in [-0.05, 0) is 60.3 Å². The molecule has 0 bridgehead atoms. The number of carbonyl (C=O) groups excluding carboxylic acids is 3. The first-order valence-electron chi connectivity index (χ1n) is 11.4. The highest BCUT2D eigenvalue weighted by Gasteiger charge is 2.19. The summed E-state index contributed by atoms with van der Waals surface area (Å²) in [5, 5.41) is 5.12. The topological polar surface area (TPSA) is 123 Å². The number of hydrazine groups is 1. The summed E-state index contributed by atoms with van der Waals surface area (Å²) in [6.07, 6.45) is 11.0. The number of urea groups is 1. The lowest BCUT2D eigenvalue weighted by atomic mass is 10.1. The number of ether oxygens (including phenoxy) is 1. The van der Waals surface area contributed by atoms with E-state index in [0.717, 1.165) is 31.4 Å². The van der Waals surface area contributed by atoms with Crippen LogP contribution in [-0.2, 0) is 14.3 Å². The van der Waals surface area contributed by atoms with Gasteiger partial charge in [-0.15, -0.1) is 0 Å². The summed E-state index contributed by atoms with van der Waals surface area (Å²) in [6, 6.07) is -1.31. The first-order chi connectivity index (χ1) is 15.7. The van der Waals surface area contributed by atoms with Gasteiger partial charge in [0, 0.05) is 18.1 Å². The van der Waals surface area contributed by atoms with Gasteiger partial charge in [-0.25, -0.2) is 10.6 Å². The van der Waals surface area contributed by atoms with E-state index in [1.807, 2.05) is 0 Å². The molecule has 0 radical (unpaired) electrons. The summed E-state index contributed by atoms with van der Waals surface area (Å²) in [6.45, 7) is 10.7. The van der Waals surface area contributed by atoms with Crippen LogP contribution in [0.2, 0.25) is 0 Å². The van der Waals surface area contributed by atoms with E-state index in [1.165, 1.54) is 28.5 Å². The van der Waals surface area contributed by atoms with Crippen LogP contribution in [0.25, 0.3) is 0 Å². The Hall–Kier alpha value is -2.26. The smallest absolute Gasteiger partial charge is 0.315 e. The average Bonchev–Trinajstić information content (AvgIpc) is 2.75. The summed E-state index contributed by atoms with van der Waals surface area (Å²) < 4.78 is 4.80. The van der Waals surface area contributed by atoms with E-state index in [-0.39, 0.29) is 26.4 Å². The summed E-state index contributed by atoms with van der Waals surface area (Å²) in [5.41, 5.74) is 6.14. The molecule has 1 atom stereocenters. The van der Waals surface area contributed by atoms with E-state index in [9.17, 15) is 14.4 Å². The number of allylic oxidation sites excluding steroid dienone is 5. The summed E-state index contributed by atoms with van der Waals surface area (Å²) in [5.74, 6) is 5.48. The fourth-order valence-corrected chi connectivity index (χ4v) is 3.74. The van der Waals surface area contributed by atoms with Crippen LogP contribution in [0.1, 0.15) is 74.1 Å². The fraction of sp³-hybridized carbons (Fsp3) is 0.640. The molecule has 0 aromatic carbocycles. The van der Waals surface area contributed by atoms with Gasteiger partial charge in [0.05, 0.1) is 13.0 Å². The second kappa shape index (κ2) is 21.3. The zero-order valence-corrected chi connectivity index (χ0v) is 21.6. The molecule has 0 aromatic rings. The van der Waals surface area contributed by atoms with Gasteiger partial charge in [0.2, 0.25) is 0 Å². The zero-order chi connectivity index (χ0) is 25.1. The lowest BCUT2D eigenvalue weighted by Gasteiger charge is -2.17. The van der Waals surface area contributed by atoms with Crippen molar-refractivity contribution in [3.8, 4) is 0 Å². The third kappa shape index (κ3) is 19.2. The number of carbonyl (C=O) groups is 3. The molecule has 34 heavy (non-hydrogen) atoms. The first kappa shape index (κ1) is 33.9. The molecule has 0 aromatic heterocycles. The largest absolute Gasteiger partial charge is 0.466 e. The minimum absolute atomic E-state index is 0. The molecule has 0 unspecified atom stereocenters. The maximum atomic E-state index is 12.0. The maximum absolute atomic E-state index is 12.0. The number of hydrogen-bond acceptors (Lipinski definition) is 6. The zero-order valence-electron chi connectivity index (χ0n) is 20.8. The van der Waals surface area contributed by atoms with Gasteiger partial charge in [-0.3, -0.25) is 15.0 Å². The van der Waals surface area contributed by atoms with Crippen molar-refractivity contribution in [1.82, 2.24) is 16.1 Å². The molecule has 0 aliphatic rings. The standard InChI is InChI=1S/C24H42N4O4S.CH4/c1-6-32-22(29)13-15-26-24(31)27-21(23(30)28-25)17-33-16-14-20(5)12-8-11-19(4)10-7-9-18(2)3;/h9,11,14,21H,6-8,10,12-13,15-17,25H2,1-5H3,(H,28,30)(H2,26,27,31);1H4/b19-11+,20-14+;/t21-;/m0./s1. The van der Waals surface area contributed by atoms with Crippen LogP contribution >= 0.6 is 11.8 Å². The summed E-state index contributed by atoms with van der Waals surface area (Å²) in [4.78, 5) is 35.3. The Morgan fingerprint density at radius 1 is 0.971 bits per heavy atom. The van der Waals surface area contributed by atoms with E-state index >= 15 is 0 Å². The van der Waals surface area contributed by atoms with Crippen LogP contribution in [0.15, 0.2) is 34.9 Å². The van der Waals surface area contributed by atoms with Gasteiger partial charge < -0.3 is 15.4 Å². The molecule has 0 saturated carbocycles. The average molecular weight is 499 g/mol. The second-order valence-corrected chi connectivity index (χ2v) is 9.09.